The van der Waals surface area contributed by atoms with Gasteiger partial charge in [0.1, 0.15) is 5.76 Å². The molecule has 1 aromatic rings. The van der Waals surface area contributed by atoms with Crippen LogP contribution in [0.2, 0.25) is 0 Å². The molecule has 0 saturated carbocycles. The summed E-state index contributed by atoms with van der Waals surface area (Å²) in [6.45, 7) is 11.3. The van der Waals surface area contributed by atoms with Crippen molar-refractivity contribution in [3.63, 3.8) is 0 Å². The molecule has 128 valence electrons. The van der Waals surface area contributed by atoms with E-state index in [0.29, 0.717) is 23.4 Å². The molecule has 2 atom stereocenters. The number of nitrogens with zero attached hydrogens (tertiary/aromatic N) is 3. The summed E-state index contributed by atoms with van der Waals surface area (Å²) in [5.74, 6) is 1.39. The van der Waals surface area contributed by atoms with E-state index in [1.54, 1.807) is 0 Å². The summed E-state index contributed by atoms with van der Waals surface area (Å²) in [5, 5.41) is 0. The Morgan fingerprint density at radius 3 is 2.74 bits per heavy atom. The third-order valence-electron chi connectivity index (χ3n) is 5.05. The molecule has 0 aromatic carbocycles. The maximum absolute atomic E-state index is 12.9. The van der Waals surface area contributed by atoms with Gasteiger partial charge in [0.15, 0.2) is 12.1 Å². The van der Waals surface area contributed by atoms with Gasteiger partial charge in [0, 0.05) is 38.1 Å². The fourth-order valence-electron chi connectivity index (χ4n) is 3.72. The van der Waals surface area contributed by atoms with Crippen LogP contribution in [0, 0.1) is 5.92 Å². The second-order valence-electron chi connectivity index (χ2n) is 6.81. The molecule has 3 rings (SSSR count). The predicted octanol–water partition coefficient (Wildman–Crippen LogP) is 1.98. The van der Waals surface area contributed by atoms with Crippen LogP contribution in [0.25, 0.3) is 0 Å². The number of carbonyl (C=O) groups is 1. The lowest BCUT2D eigenvalue weighted by atomic mass is 9.99. The van der Waals surface area contributed by atoms with Crippen molar-refractivity contribution in [1.29, 1.82) is 0 Å². The fraction of sp³-hybridized carbons (Fsp3) is 0.765. The predicted molar refractivity (Wildman–Crippen MR) is 86.5 cm³/mol. The van der Waals surface area contributed by atoms with Gasteiger partial charge in [-0.2, -0.15) is 0 Å². The molecule has 1 aromatic heterocycles. The van der Waals surface area contributed by atoms with Gasteiger partial charge in [-0.05, 0) is 5.92 Å². The van der Waals surface area contributed by atoms with Crippen LogP contribution in [0.4, 0.5) is 0 Å². The lowest BCUT2D eigenvalue weighted by molar-refractivity contribution is 0.0102. The number of hydrogen-bond acceptors (Lipinski definition) is 5. The van der Waals surface area contributed by atoms with Crippen molar-refractivity contribution in [3.05, 3.63) is 17.8 Å². The SMILES string of the molecule is CC[C@H]1CN(C(=O)c2ncoc2C(C)C)C[C@H]1N1CCOCC1. The highest BCUT2D eigenvalue weighted by Crippen LogP contribution is 2.28. The molecule has 2 fully saturated rings. The molecule has 0 unspecified atom stereocenters. The average Bonchev–Trinajstić information content (AvgIpc) is 3.22. The van der Waals surface area contributed by atoms with Crippen LogP contribution in [0.15, 0.2) is 10.8 Å². The molecule has 0 bridgehead atoms. The number of carbonyl (C=O) groups excluding carboxylic acids is 1. The number of amides is 1. The molecule has 23 heavy (non-hydrogen) atoms. The van der Waals surface area contributed by atoms with E-state index in [9.17, 15) is 4.79 Å². The number of aromatic nitrogens is 1. The lowest BCUT2D eigenvalue weighted by Gasteiger charge is -2.34. The first kappa shape index (κ1) is 16.5. The van der Waals surface area contributed by atoms with Crippen molar-refractivity contribution < 1.29 is 13.9 Å². The summed E-state index contributed by atoms with van der Waals surface area (Å²) in [6.07, 6.45) is 2.47. The largest absolute Gasteiger partial charge is 0.447 e. The summed E-state index contributed by atoms with van der Waals surface area (Å²) in [7, 11) is 0. The Balaban J connectivity index is 1.73. The summed E-state index contributed by atoms with van der Waals surface area (Å²) in [4.78, 5) is 21.5. The third kappa shape index (κ3) is 3.28. The molecule has 0 spiro atoms. The van der Waals surface area contributed by atoms with Gasteiger partial charge in [0.05, 0.1) is 13.2 Å². The first-order chi connectivity index (χ1) is 11.1. The topological polar surface area (TPSA) is 58.8 Å². The second-order valence-corrected chi connectivity index (χ2v) is 6.81. The quantitative estimate of drug-likeness (QED) is 0.849. The minimum absolute atomic E-state index is 0.0108. The van der Waals surface area contributed by atoms with Gasteiger partial charge in [0.25, 0.3) is 5.91 Å². The zero-order valence-electron chi connectivity index (χ0n) is 14.3. The van der Waals surface area contributed by atoms with Crippen molar-refractivity contribution in [2.75, 3.05) is 39.4 Å². The van der Waals surface area contributed by atoms with E-state index in [0.717, 1.165) is 45.8 Å². The monoisotopic (exact) mass is 321 g/mol. The summed E-state index contributed by atoms with van der Waals surface area (Å²) in [5.41, 5.74) is 0.484. The van der Waals surface area contributed by atoms with Crippen LogP contribution in [0.5, 0.6) is 0 Å². The first-order valence-electron chi connectivity index (χ1n) is 8.66. The molecule has 6 heteroatoms. The van der Waals surface area contributed by atoms with E-state index in [-0.39, 0.29) is 11.8 Å². The standard InChI is InChI=1S/C17H27N3O3/c1-4-13-9-20(10-14(13)19-5-7-22-8-6-19)17(21)15-16(12(2)3)23-11-18-15/h11-14H,4-10H2,1-3H3/t13-,14+/m0/s1. The average molecular weight is 321 g/mol. The minimum atomic E-state index is 0.0108. The molecule has 0 aliphatic carbocycles. The summed E-state index contributed by atoms with van der Waals surface area (Å²) in [6, 6.07) is 0.433. The van der Waals surface area contributed by atoms with Crippen molar-refractivity contribution in [2.45, 2.75) is 39.2 Å². The number of hydrogen-bond donors (Lipinski definition) is 0. The maximum atomic E-state index is 12.9. The fourth-order valence-corrected chi connectivity index (χ4v) is 3.72. The summed E-state index contributed by atoms with van der Waals surface area (Å²) >= 11 is 0. The van der Waals surface area contributed by atoms with Gasteiger partial charge in [-0.3, -0.25) is 9.69 Å². The Morgan fingerprint density at radius 1 is 1.35 bits per heavy atom. The second kappa shape index (κ2) is 7.01. The smallest absolute Gasteiger partial charge is 0.276 e. The third-order valence-corrected chi connectivity index (χ3v) is 5.05. The van der Waals surface area contributed by atoms with E-state index in [1.165, 1.54) is 6.39 Å². The Morgan fingerprint density at radius 2 is 2.09 bits per heavy atom. The molecule has 2 aliphatic rings. The molecule has 2 aliphatic heterocycles. The van der Waals surface area contributed by atoms with Gasteiger partial charge >= 0.3 is 0 Å². The molecule has 3 heterocycles. The van der Waals surface area contributed by atoms with Crippen molar-refractivity contribution in [3.8, 4) is 0 Å². The highest BCUT2D eigenvalue weighted by atomic mass is 16.5. The Kier molecular flexibility index (Phi) is 5.02. The summed E-state index contributed by atoms with van der Waals surface area (Å²) < 4.78 is 10.9. The van der Waals surface area contributed by atoms with Crippen LogP contribution in [0.3, 0.4) is 0 Å². The number of ether oxygens (including phenoxy) is 1. The minimum Gasteiger partial charge on any atom is -0.447 e. The molecular formula is C17H27N3O3. The molecule has 6 nitrogen and oxygen atoms in total. The first-order valence-corrected chi connectivity index (χ1v) is 8.66. The molecular weight excluding hydrogens is 294 g/mol. The van der Waals surface area contributed by atoms with E-state index in [4.69, 9.17) is 9.15 Å². The number of morpholine rings is 1. The van der Waals surface area contributed by atoms with Gasteiger partial charge in [-0.15, -0.1) is 0 Å². The van der Waals surface area contributed by atoms with E-state index < -0.39 is 0 Å². The zero-order chi connectivity index (χ0) is 16.4. The number of rotatable bonds is 4. The van der Waals surface area contributed by atoms with Crippen LogP contribution in [-0.2, 0) is 4.74 Å². The van der Waals surface area contributed by atoms with Gasteiger partial charge in [-0.25, -0.2) is 4.98 Å². The Labute approximate surface area is 137 Å². The zero-order valence-corrected chi connectivity index (χ0v) is 14.3. The number of likely N-dealkylation sites (tertiary alicyclic amines) is 1. The van der Waals surface area contributed by atoms with E-state index in [1.807, 2.05) is 18.7 Å². The molecule has 0 radical (unpaired) electrons. The van der Waals surface area contributed by atoms with Crippen molar-refractivity contribution >= 4 is 5.91 Å². The number of oxazole rings is 1. The van der Waals surface area contributed by atoms with Crippen LogP contribution >= 0.6 is 0 Å². The van der Waals surface area contributed by atoms with E-state index >= 15 is 0 Å². The van der Waals surface area contributed by atoms with Crippen molar-refractivity contribution in [1.82, 2.24) is 14.8 Å². The van der Waals surface area contributed by atoms with Crippen LogP contribution in [0.1, 0.15) is 49.4 Å². The van der Waals surface area contributed by atoms with Gasteiger partial charge < -0.3 is 14.1 Å². The normalized spacial score (nSPS) is 26.2. The molecule has 1 amide bonds. The van der Waals surface area contributed by atoms with Gasteiger partial charge in [-0.1, -0.05) is 27.2 Å². The van der Waals surface area contributed by atoms with Crippen molar-refractivity contribution in [2.24, 2.45) is 5.92 Å². The van der Waals surface area contributed by atoms with E-state index in [2.05, 4.69) is 16.8 Å². The Bertz CT molecular complexity index is 537. The Hall–Kier alpha value is -1.40. The van der Waals surface area contributed by atoms with Gasteiger partial charge in [0.2, 0.25) is 0 Å². The van der Waals surface area contributed by atoms with Crippen LogP contribution < -0.4 is 0 Å². The highest BCUT2D eigenvalue weighted by molar-refractivity contribution is 5.93. The molecule has 0 N–H and O–H groups in total. The molecule has 2 saturated heterocycles. The highest BCUT2D eigenvalue weighted by Gasteiger charge is 2.39. The van der Waals surface area contributed by atoms with Crippen LogP contribution in [-0.4, -0.2) is 66.1 Å². The lowest BCUT2D eigenvalue weighted by Crippen LogP contribution is -2.47. The maximum Gasteiger partial charge on any atom is 0.276 e.